The molecule has 4 N–H and O–H groups in total. The number of hydrogen-bond donors (Lipinski definition) is 4. The zero-order chi connectivity index (χ0) is 43.9. The Balaban J connectivity index is 2.32. The summed E-state index contributed by atoms with van der Waals surface area (Å²) in [5.74, 6) is -2.44. The van der Waals surface area contributed by atoms with Crippen LogP contribution in [-0.4, -0.2) is 88.4 Å². The Kier molecular flexibility index (Phi) is 36.7. The molecule has 1 saturated heterocycles. The van der Waals surface area contributed by atoms with Crippen LogP contribution in [-0.2, 0) is 33.3 Å². The van der Waals surface area contributed by atoms with Crippen molar-refractivity contribution >= 4 is 17.9 Å². The highest BCUT2D eigenvalue weighted by Crippen LogP contribution is 2.23. The first kappa shape index (κ1) is 55.7. The minimum atomic E-state index is -1.86. The van der Waals surface area contributed by atoms with Crippen LogP contribution in [0.3, 0.4) is 0 Å². The van der Waals surface area contributed by atoms with E-state index in [0.717, 1.165) is 51.4 Å². The van der Waals surface area contributed by atoms with Crippen LogP contribution >= 0.6 is 0 Å². The van der Waals surface area contributed by atoms with Gasteiger partial charge in [0.2, 0.25) is 0 Å². The quantitative estimate of drug-likeness (QED) is 0.0262. The van der Waals surface area contributed by atoms with E-state index in [4.69, 9.17) is 18.9 Å². The summed E-state index contributed by atoms with van der Waals surface area (Å²) in [5.41, 5.74) is 0. The molecule has 1 aliphatic heterocycles. The minimum Gasteiger partial charge on any atom is -0.479 e. The topological polar surface area (TPSA) is 169 Å². The van der Waals surface area contributed by atoms with E-state index in [0.29, 0.717) is 12.8 Å². The van der Waals surface area contributed by atoms with Crippen molar-refractivity contribution in [3.05, 3.63) is 24.3 Å². The predicted octanol–water partition coefficient (Wildman–Crippen LogP) is 11.0. The lowest BCUT2D eigenvalue weighted by atomic mass is 9.99. The zero-order valence-electron chi connectivity index (χ0n) is 38.0. The van der Waals surface area contributed by atoms with Gasteiger partial charge in [-0.1, -0.05) is 186 Å². The first-order valence-corrected chi connectivity index (χ1v) is 24.4. The van der Waals surface area contributed by atoms with Crippen LogP contribution in [0.4, 0.5) is 0 Å². The highest BCUT2D eigenvalue weighted by Gasteiger charge is 2.47. The van der Waals surface area contributed by atoms with Crippen molar-refractivity contribution in [1.82, 2.24) is 0 Å². The first-order chi connectivity index (χ1) is 29.2. The number of carbonyl (C=O) groups is 3. The highest BCUT2D eigenvalue weighted by atomic mass is 16.7. The molecule has 0 bridgehead atoms. The molecule has 1 fully saturated rings. The van der Waals surface area contributed by atoms with E-state index in [1.165, 1.54) is 128 Å². The van der Waals surface area contributed by atoms with Crippen LogP contribution in [0.15, 0.2) is 24.3 Å². The van der Waals surface area contributed by atoms with Gasteiger partial charge >= 0.3 is 17.9 Å². The largest absolute Gasteiger partial charge is 0.479 e. The average Bonchev–Trinajstić information content (AvgIpc) is 3.23. The molecule has 0 aromatic rings. The maximum absolute atomic E-state index is 12.8. The summed E-state index contributed by atoms with van der Waals surface area (Å²) < 4.78 is 21.8. The van der Waals surface area contributed by atoms with Crippen molar-refractivity contribution in [2.24, 2.45) is 0 Å². The van der Waals surface area contributed by atoms with Gasteiger partial charge in [0, 0.05) is 12.8 Å². The van der Waals surface area contributed by atoms with Crippen molar-refractivity contribution in [3.63, 3.8) is 0 Å². The van der Waals surface area contributed by atoms with E-state index in [1.54, 1.807) is 0 Å². The molecule has 0 amide bonds. The van der Waals surface area contributed by atoms with E-state index in [-0.39, 0.29) is 26.1 Å². The maximum atomic E-state index is 12.8. The maximum Gasteiger partial charge on any atom is 0.335 e. The van der Waals surface area contributed by atoms with Crippen molar-refractivity contribution in [3.8, 4) is 0 Å². The van der Waals surface area contributed by atoms with Gasteiger partial charge in [-0.25, -0.2) is 4.79 Å². The molecule has 350 valence electrons. The van der Waals surface area contributed by atoms with Crippen molar-refractivity contribution in [1.29, 1.82) is 0 Å². The normalized spacial score (nSPS) is 19.9. The van der Waals surface area contributed by atoms with Crippen molar-refractivity contribution < 1.29 is 53.8 Å². The Morgan fingerprint density at radius 2 is 0.933 bits per heavy atom. The van der Waals surface area contributed by atoms with Gasteiger partial charge in [-0.3, -0.25) is 9.59 Å². The molecular weight excluding hydrogens is 765 g/mol. The second-order valence-electron chi connectivity index (χ2n) is 17.0. The van der Waals surface area contributed by atoms with Gasteiger partial charge in [-0.05, 0) is 44.9 Å². The fourth-order valence-electron chi connectivity index (χ4n) is 7.44. The van der Waals surface area contributed by atoms with E-state index < -0.39 is 54.7 Å². The fraction of sp³-hybridized carbons (Fsp3) is 0.857. The Bertz CT molecular complexity index is 1100. The third kappa shape index (κ3) is 30.7. The van der Waals surface area contributed by atoms with Crippen LogP contribution in [0, 0.1) is 0 Å². The Morgan fingerprint density at radius 1 is 0.517 bits per heavy atom. The molecule has 0 aromatic carbocycles. The van der Waals surface area contributed by atoms with Crippen molar-refractivity contribution in [2.75, 3.05) is 13.2 Å². The van der Waals surface area contributed by atoms with Crippen LogP contribution < -0.4 is 0 Å². The number of aliphatic hydroxyl groups is 3. The molecule has 1 rings (SSSR count). The molecule has 0 aliphatic carbocycles. The smallest absolute Gasteiger partial charge is 0.335 e. The number of hydrogen-bond acceptors (Lipinski definition) is 10. The lowest BCUT2D eigenvalue weighted by molar-refractivity contribution is -0.298. The number of carboxylic acids is 1. The molecule has 1 heterocycles. The van der Waals surface area contributed by atoms with E-state index in [2.05, 4.69) is 38.2 Å². The van der Waals surface area contributed by atoms with Gasteiger partial charge in [0.05, 0.1) is 6.61 Å². The SMILES string of the molecule is CCCCC/C=C\C/C=C\CCCCCCCCCCCC(=O)OCC(COC1OC(C(=O)O)C(O)C(O)C1O)OC(=O)CCCCCCCCCCCCCCCCC. The molecule has 6 atom stereocenters. The Hall–Kier alpha value is -2.31. The molecule has 11 heteroatoms. The fourth-order valence-corrected chi connectivity index (χ4v) is 7.44. The van der Waals surface area contributed by atoms with Gasteiger partial charge in [-0.2, -0.15) is 0 Å². The molecule has 60 heavy (non-hydrogen) atoms. The number of aliphatic carboxylic acids is 1. The van der Waals surface area contributed by atoms with Gasteiger partial charge in [0.15, 0.2) is 18.5 Å². The van der Waals surface area contributed by atoms with Gasteiger partial charge in [0.25, 0.3) is 0 Å². The van der Waals surface area contributed by atoms with E-state index in [1.807, 2.05) is 0 Å². The summed E-state index contributed by atoms with van der Waals surface area (Å²) in [4.78, 5) is 36.9. The summed E-state index contributed by atoms with van der Waals surface area (Å²) in [7, 11) is 0. The number of carboxylic acid groups (broad SMARTS) is 1. The molecule has 6 unspecified atom stereocenters. The van der Waals surface area contributed by atoms with Crippen LogP contribution in [0.1, 0.15) is 219 Å². The zero-order valence-corrected chi connectivity index (χ0v) is 38.0. The molecule has 11 nitrogen and oxygen atoms in total. The number of aliphatic hydroxyl groups excluding tert-OH is 3. The lowest BCUT2D eigenvalue weighted by Gasteiger charge is -2.38. The molecule has 1 aliphatic rings. The molecule has 0 saturated carbocycles. The minimum absolute atomic E-state index is 0.186. The molecule has 0 radical (unpaired) electrons. The third-order valence-corrected chi connectivity index (χ3v) is 11.3. The van der Waals surface area contributed by atoms with E-state index in [9.17, 15) is 34.8 Å². The van der Waals surface area contributed by atoms with E-state index >= 15 is 0 Å². The molecular formula is C49H88O11. The van der Waals surface area contributed by atoms with Crippen molar-refractivity contribution in [2.45, 2.75) is 256 Å². The number of ether oxygens (including phenoxy) is 4. The second-order valence-corrected chi connectivity index (χ2v) is 17.0. The van der Waals surface area contributed by atoms with Gasteiger partial charge in [0.1, 0.15) is 24.9 Å². The summed E-state index contributed by atoms with van der Waals surface area (Å²) in [6, 6.07) is 0. The summed E-state index contributed by atoms with van der Waals surface area (Å²) in [5, 5.41) is 39.9. The van der Waals surface area contributed by atoms with Crippen LogP contribution in [0.25, 0.3) is 0 Å². The summed E-state index contributed by atoms with van der Waals surface area (Å²) in [6.07, 6.45) is 35.1. The average molecular weight is 853 g/mol. The number of unbranched alkanes of at least 4 members (excludes halogenated alkanes) is 26. The van der Waals surface area contributed by atoms with Crippen LogP contribution in [0.5, 0.6) is 0 Å². The molecule has 0 aromatic heterocycles. The number of rotatable bonds is 41. The highest BCUT2D eigenvalue weighted by molar-refractivity contribution is 5.73. The summed E-state index contributed by atoms with van der Waals surface area (Å²) in [6.45, 7) is 3.81. The van der Waals surface area contributed by atoms with Gasteiger partial charge in [-0.15, -0.1) is 0 Å². The molecule has 0 spiro atoms. The predicted molar refractivity (Wildman–Crippen MR) is 238 cm³/mol. The number of esters is 2. The Labute approximate surface area is 364 Å². The number of carbonyl (C=O) groups excluding carboxylic acids is 2. The van der Waals surface area contributed by atoms with Crippen LogP contribution in [0.2, 0.25) is 0 Å². The third-order valence-electron chi connectivity index (χ3n) is 11.3. The lowest BCUT2D eigenvalue weighted by Crippen LogP contribution is -2.60. The van der Waals surface area contributed by atoms with Gasteiger partial charge < -0.3 is 39.4 Å². The number of allylic oxidation sites excluding steroid dienone is 4. The first-order valence-electron chi connectivity index (χ1n) is 24.4. The standard InChI is InChI=1S/C49H88O11/c1-3-5-7-9-11-13-15-17-19-20-21-22-24-25-27-29-31-33-35-37-42(50)57-39-41(40-58-49-46(54)44(52)45(53)47(60-49)48(55)56)59-43(51)38-36-34-32-30-28-26-23-18-16-14-12-10-8-6-4-2/h11,13,17,19,41,44-47,49,52-54H,3-10,12,14-16,18,20-40H2,1-2H3,(H,55,56)/b13-11-,19-17-. The Morgan fingerprint density at radius 3 is 1.42 bits per heavy atom. The monoisotopic (exact) mass is 853 g/mol. The summed E-state index contributed by atoms with van der Waals surface area (Å²) >= 11 is 0. The second kappa shape index (κ2) is 39.5.